The largest absolute Gasteiger partial charge is 0.346 e. The van der Waals surface area contributed by atoms with Gasteiger partial charge in [-0.25, -0.2) is 9.48 Å². The van der Waals surface area contributed by atoms with Crippen LogP contribution in [0.15, 0.2) is 55.0 Å². The van der Waals surface area contributed by atoms with E-state index in [-0.39, 0.29) is 6.03 Å². The number of rotatable bonds is 6. The minimum Gasteiger partial charge on any atom is -0.346 e. The summed E-state index contributed by atoms with van der Waals surface area (Å²) in [7, 11) is 3.77. The van der Waals surface area contributed by atoms with E-state index in [1.807, 2.05) is 68.4 Å². The minimum atomic E-state index is -0.173. The van der Waals surface area contributed by atoms with Crippen LogP contribution in [0.5, 0.6) is 0 Å². The zero-order chi connectivity index (χ0) is 19.2. The second kappa shape index (κ2) is 8.31. The molecule has 1 N–H and O–H groups in total. The summed E-state index contributed by atoms with van der Waals surface area (Å²) in [6, 6.07) is 13.0. The molecule has 0 fully saturated rings. The lowest BCUT2D eigenvalue weighted by molar-refractivity contribution is 0.211. The molecule has 3 aromatic rings. The second-order valence-electron chi connectivity index (χ2n) is 6.20. The third kappa shape index (κ3) is 4.60. The van der Waals surface area contributed by atoms with Crippen LogP contribution in [-0.4, -0.2) is 51.3 Å². The van der Waals surface area contributed by atoms with Crippen molar-refractivity contribution < 1.29 is 4.79 Å². The molecule has 140 valence electrons. The Hall–Kier alpha value is -3.42. The molecule has 8 heteroatoms. The van der Waals surface area contributed by atoms with Crippen molar-refractivity contribution in [2.75, 3.05) is 30.9 Å². The topological polar surface area (TPSA) is 79.2 Å². The van der Waals surface area contributed by atoms with Crippen LogP contribution >= 0.6 is 0 Å². The van der Waals surface area contributed by atoms with E-state index in [0.29, 0.717) is 24.7 Å². The predicted octanol–water partition coefficient (Wildman–Crippen LogP) is 2.78. The number of pyridine rings is 1. The molecular formula is C19H23N7O. The molecule has 0 aliphatic carbocycles. The summed E-state index contributed by atoms with van der Waals surface area (Å²) in [5.41, 5.74) is 2.36. The Morgan fingerprint density at radius 3 is 2.67 bits per heavy atom. The van der Waals surface area contributed by atoms with E-state index >= 15 is 0 Å². The van der Waals surface area contributed by atoms with Crippen molar-refractivity contribution in [3.05, 3.63) is 60.7 Å². The number of hydrogen-bond acceptors (Lipinski definition) is 5. The Labute approximate surface area is 158 Å². The molecule has 0 spiro atoms. The Bertz CT molecular complexity index is 892. The summed E-state index contributed by atoms with van der Waals surface area (Å²) in [6.07, 6.45) is 3.38. The SMILES string of the molecule is CCN(Cc1ccccn1)C(=O)Nc1cccc(-n2cnc(N(C)C)n2)c1. The number of carbonyl (C=O) groups excluding carboxylic acids is 1. The number of urea groups is 1. The van der Waals surface area contributed by atoms with E-state index in [1.54, 1.807) is 22.1 Å². The van der Waals surface area contributed by atoms with Gasteiger partial charge in [-0.3, -0.25) is 4.98 Å². The maximum absolute atomic E-state index is 12.6. The van der Waals surface area contributed by atoms with Crippen LogP contribution in [0.4, 0.5) is 16.4 Å². The lowest BCUT2D eigenvalue weighted by Gasteiger charge is -2.21. The quantitative estimate of drug-likeness (QED) is 0.727. The smallest absolute Gasteiger partial charge is 0.322 e. The van der Waals surface area contributed by atoms with E-state index in [4.69, 9.17) is 0 Å². The number of carbonyl (C=O) groups is 1. The fourth-order valence-electron chi connectivity index (χ4n) is 2.53. The third-order valence-corrected chi connectivity index (χ3v) is 3.99. The summed E-state index contributed by atoms with van der Waals surface area (Å²) in [4.78, 5) is 24.7. The number of hydrogen-bond donors (Lipinski definition) is 1. The molecule has 0 saturated carbocycles. The standard InChI is InChI=1S/C19H23N7O/c1-4-25(13-16-8-5-6-11-20-16)19(27)22-15-9-7-10-17(12-15)26-14-21-18(23-26)24(2)3/h5-12,14H,4,13H2,1-3H3,(H,22,27). The number of benzene rings is 1. The van der Waals surface area contributed by atoms with Gasteiger partial charge in [0.15, 0.2) is 0 Å². The predicted molar refractivity (Wildman–Crippen MR) is 105 cm³/mol. The highest BCUT2D eigenvalue weighted by Crippen LogP contribution is 2.16. The number of anilines is 2. The van der Waals surface area contributed by atoms with Gasteiger partial charge in [0.2, 0.25) is 5.95 Å². The first-order valence-corrected chi connectivity index (χ1v) is 8.72. The van der Waals surface area contributed by atoms with Gasteiger partial charge in [0.05, 0.1) is 17.9 Å². The van der Waals surface area contributed by atoms with Crippen molar-refractivity contribution in [3.8, 4) is 5.69 Å². The molecule has 0 unspecified atom stereocenters. The summed E-state index contributed by atoms with van der Waals surface area (Å²) >= 11 is 0. The normalized spacial score (nSPS) is 10.5. The Morgan fingerprint density at radius 2 is 2.00 bits per heavy atom. The zero-order valence-corrected chi connectivity index (χ0v) is 15.7. The fraction of sp³-hybridized carbons (Fsp3) is 0.263. The molecule has 1 aromatic carbocycles. The molecule has 0 aliphatic heterocycles. The highest BCUT2D eigenvalue weighted by Gasteiger charge is 2.13. The average molecular weight is 365 g/mol. The first kappa shape index (κ1) is 18.4. The van der Waals surface area contributed by atoms with Gasteiger partial charge in [0, 0.05) is 32.5 Å². The fourth-order valence-corrected chi connectivity index (χ4v) is 2.53. The zero-order valence-electron chi connectivity index (χ0n) is 15.7. The molecule has 8 nitrogen and oxygen atoms in total. The van der Waals surface area contributed by atoms with Crippen LogP contribution in [0.2, 0.25) is 0 Å². The van der Waals surface area contributed by atoms with Gasteiger partial charge in [-0.2, -0.15) is 4.98 Å². The van der Waals surface area contributed by atoms with Crippen molar-refractivity contribution in [1.82, 2.24) is 24.6 Å². The van der Waals surface area contributed by atoms with Crippen molar-refractivity contribution in [2.45, 2.75) is 13.5 Å². The number of aromatic nitrogens is 4. The van der Waals surface area contributed by atoms with Gasteiger partial charge < -0.3 is 15.1 Å². The van der Waals surface area contributed by atoms with Crippen LogP contribution in [0, 0.1) is 0 Å². The van der Waals surface area contributed by atoms with Crippen LogP contribution in [0.1, 0.15) is 12.6 Å². The number of nitrogens with zero attached hydrogens (tertiary/aromatic N) is 6. The van der Waals surface area contributed by atoms with E-state index in [2.05, 4.69) is 20.4 Å². The van der Waals surface area contributed by atoms with Crippen LogP contribution in [0.3, 0.4) is 0 Å². The van der Waals surface area contributed by atoms with Crippen LogP contribution in [-0.2, 0) is 6.54 Å². The summed E-state index contributed by atoms with van der Waals surface area (Å²) in [5.74, 6) is 0.622. The van der Waals surface area contributed by atoms with E-state index in [0.717, 1.165) is 11.4 Å². The molecular weight excluding hydrogens is 342 g/mol. The molecule has 27 heavy (non-hydrogen) atoms. The summed E-state index contributed by atoms with van der Waals surface area (Å²) in [6.45, 7) is 2.98. The van der Waals surface area contributed by atoms with Gasteiger partial charge >= 0.3 is 6.03 Å². The molecule has 3 rings (SSSR count). The molecule has 0 atom stereocenters. The molecule has 2 heterocycles. The molecule has 2 aromatic heterocycles. The van der Waals surface area contributed by atoms with E-state index in [9.17, 15) is 4.79 Å². The molecule has 2 amide bonds. The maximum Gasteiger partial charge on any atom is 0.322 e. The van der Waals surface area contributed by atoms with Crippen LogP contribution < -0.4 is 10.2 Å². The molecule has 0 radical (unpaired) electrons. The highest BCUT2D eigenvalue weighted by molar-refractivity contribution is 5.89. The first-order chi connectivity index (χ1) is 13.1. The maximum atomic E-state index is 12.6. The Kier molecular flexibility index (Phi) is 5.65. The Morgan fingerprint density at radius 1 is 1.15 bits per heavy atom. The van der Waals surface area contributed by atoms with Crippen molar-refractivity contribution in [2.24, 2.45) is 0 Å². The number of amides is 2. The summed E-state index contributed by atoms with van der Waals surface area (Å²) < 4.78 is 1.68. The minimum absolute atomic E-state index is 0.173. The molecule has 0 aliphatic rings. The average Bonchev–Trinajstić information content (AvgIpc) is 3.18. The third-order valence-electron chi connectivity index (χ3n) is 3.99. The van der Waals surface area contributed by atoms with E-state index in [1.165, 1.54) is 0 Å². The first-order valence-electron chi connectivity index (χ1n) is 8.72. The van der Waals surface area contributed by atoms with Gasteiger partial charge in [0.1, 0.15) is 6.33 Å². The highest BCUT2D eigenvalue weighted by atomic mass is 16.2. The molecule has 0 bridgehead atoms. The van der Waals surface area contributed by atoms with Gasteiger partial charge in [-0.15, -0.1) is 5.10 Å². The van der Waals surface area contributed by atoms with E-state index < -0.39 is 0 Å². The van der Waals surface area contributed by atoms with Crippen LogP contribution in [0.25, 0.3) is 5.69 Å². The van der Waals surface area contributed by atoms with Gasteiger partial charge in [0.25, 0.3) is 0 Å². The van der Waals surface area contributed by atoms with Crippen molar-refractivity contribution in [1.29, 1.82) is 0 Å². The molecule has 0 saturated heterocycles. The monoisotopic (exact) mass is 365 g/mol. The second-order valence-corrected chi connectivity index (χ2v) is 6.20. The van der Waals surface area contributed by atoms with Crippen molar-refractivity contribution in [3.63, 3.8) is 0 Å². The summed E-state index contributed by atoms with van der Waals surface area (Å²) in [5, 5.41) is 7.35. The van der Waals surface area contributed by atoms with Gasteiger partial charge in [-0.05, 0) is 37.3 Å². The lowest BCUT2D eigenvalue weighted by Crippen LogP contribution is -2.34. The number of nitrogens with one attached hydrogen (secondary N) is 1. The lowest BCUT2D eigenvalue weighted by atomic mass is 10.3. The van der Waals surface area contributed by atoms with Crippen molar-refractivity contribution >= 4 is 17.7 Å². The Balaban J connectivity index is 1.71. The van der Waals surface area contributed by atoms with Gasteiger partial charge in [-0.1, -0.05) is 12.1 Å².